The van der Waals surface area contributed by atoms with Gasteiger partial charge in [-0.2, -0.15) is 0 Å². The molecule has 1 fully saturated rings. The Morgan fingerprint density at radius 2 is 2.19 bits per heavy atom. The van der Waals surface area contributed by atoms with E-state index in [0.29, 0.717) is 19.8 Å². The molecule has 1 aromatic rings. The van der Waals surface area contributed by atoms with Gasteiger partial charge in [0.2, 0.25) is 5.91 Å². The van der Waals surface area contributed by atoms with Crippen LogP contribution < -0.4 is 16.4 Å². The zero-order valence-corrected chi connectivity index (χ0v) is 12.3. The number of nitrogens with two attached hydrogens (primary N) is 1. The van der Waals surface area contributed by atoms with E-state index in [1.165, 1.54) is 0 Å². The minimum absolute atomic E-state index is 0.0558. The van der Waals surface area contributed by atoms with Crippen LogP contribution in [0.1, 0.15) is 19.3 Å². The molecule has 1 unspecified atom stereocenters. The van der Waals surface area contributed by atoms with Crippen LogP contribution in [0.4, 0.5) is 5.82 Å². The summed E-state index contributed by atoms with van der Waals surface area (Å²) in [7, 11) is 0. The summed E-state index contributed by atoms with van der Waals surface area (Å²) >= 11 is 0. The summed E-state index contributed by atoms with van der Waals surface area (Å²) in [6.07, 6.45) is 4.32. The standard InChI is InChI=1S/C15H24N4O2/c16-14(12-5-10-21-11-6-12)15(20)19-9-3-8-18-13-4-1-2-7-17-13/h1-2,4,7,12,14H,3,5-6,8-11,16H2,(H,17,18)(H,19,20). The Hall–Kier alpha value is -1.66. The second-order valence-electron chi connectivity index (χ2n) is 5.26. The molecule has 6 heteroatoms. The Bertz CT molecular complexity index is 421. The second kappa shape index (κ2) is 8.59. The number of carbonyl (C=O) groups is 1. The van der Waals surface area contributed by atoms with E-state index in [2.05, 4.69) is 15.6 Å². The summed E-state index contributed by atoms with van der Waals surface area (Å²) in [5.74, 6) is 1.04. The number of amides is 1. The summed E-state index contributed by atoms with van der Waals surface area (Å²) in [4.78, 5) is 16.1. The van der Waals surface area contributed by atoms with Gasteiger partial charge in [-0.3, -0.25) is 4.79 Å². The molecule has 1 aromatic heterocycles. The van der Waals surface area contributed by atoms with E-state index in [0.717, 1.165) is 31.6 Å². The van der Waals surface area contributed by atoms with Crippen LogP contribution in [-0.2, 0) is 9.53 Å². The van der Waals surface area contributed by atoms with Gasteiger partial charge >= 0.3 is 0 Å². The van der Waals surface area contributed by atoms with Crippen molar-refractivity contribution in [3.05, 3.63) is 24.4 Å². The summed E-state index contributed by atoms with van der Waals surface area (Å²) in [5, 5.41) is 6.10. The summed E-state index contributed by atoms with van der Waals surface area (Å²) in [6, 6.07) is 5.31. The molecule has 116 valence electrons. The fourth-order valence-electron chi connectivity index (χ4n) is 2.39. The van der Waals surface area contributed by atoms with Crippen molar-refractivity contribution in [3.8, 4) is 0 Å². The first-order valence-corrected chi connectivity index (χ1v) is 7.53. The van der Waals surface area contributed by atoms with Crippen LogP contribution in [-0.4, -0.2) is 43.2 Å². The number of hydrogen-bond donors (Lipinski definition) is 3. The van der Waals surface area contributed by atoms with Crippen LogP contribution in [0.15, 0.2) is 24.4 Å². The van der Waals surface area contributed by atoms with Gasteiger partial charge in [0, 0.05) is 32.5 Å². The minimum atomic E-state index is -0.419. The summed E-state index contributed by atoms with van der Waals surface area (Å²) in [5.41, 5.74) is 6.00. The maximum Gasteiger partial charge on any atom is 0.237 e. The molecule has 21 heavy (non-hydrogen) atoms. The molecule has 2 heterocycles. The van der Waals surface area contributed by atoms with E-state index in [-0.39, 0.29) is 11.8 Å². The van der Waals surface area contributed by atoms with Crippen molar-refractivity contribution < 1.29 is 9.53 Å². The zero-order valence-electron chi connectivity index (χ0n) is 12.3. The maximum atomic E-state index is 12.0. The Morgan fingerprint density at radius 1 is 1.38 bits per heavy atom. The van der Waals surface area contributed by atoms with E-state index in [1.54, 1.807) is 6.20 Å². The van der Waals surface area contributed by atoms with Crippen molar-refractivity contribution in [2.45, 2.75) is 25.3 Å². The highest BCUT2D eigenvalue weighted by molar-refractivity contribution is 5.81. The lowest BCUT2D eigenvalue weighted by Crippen LogP contribution is -2.47. The van der Waals surface area contributed by atoms with Gasteiger partial charge < -0.3 is 21.1 Å². The molecule has 2 rings (SSSR count). The second-order valence-corrected chi connectivity index (χ2v) is 5.26. The minimum Gasteiger partial charge on any atom is -0.381 e. The van der Waals surface area contributed by atoms with Gasteiger partial charge in [0.25, 0.3) is 0 Å². The predicted molar refractivity (Wildman–Crippen MR) is 81.9 cm³/mol. The SMILES string of the molecule is NC(C(=O)NCCCNc1ccccn1)C1CCOCC1. The largest absolute Gasteiger partial charge is 0.381 e. The Morgan fingerprint density at radius 3 is 2.90 bits per heavy atom. The molecule has 6 nitrogen and oxygen atoms in total. The number of nitrogens with zero attached hydrogens (tertiary/aromatic N) is 1. The highest BCUT2D eigenvalue weighted by Crippen LogP contribution is 2.17. The van der Waals surface area contributed by atoms with Crippen LogP contribution in [0.2, 0.25) is 0 Å². The highest BCUT2D eigenvalue weighted by Gasteiger charge is 2.26. The van der Waals surface area contributed by atoms with E-state index in [1.807, 2.05) is 18.2 Å². The fourth-order valence-corrected chi connectivity index (χ4v) is 2.39. The van der Waals surface area contributed by atoms with E-state index in [4.69, 9.17) is 10.5 Å². The molecule has 1 aliphatic rings. The third-order valence-electron chi connectivity index (χ3n) is 3.70. The number of anilines is 1. The first kappa shape index (κ1) is 15.7. The molecule has 1 aliphatic heterocycles. The number of rotatable bonds is 7. The van der Waals surface area contributed by atoms with E-state index in [9.17, 15) is 4.79 Å². The van der Waals surface area contributed by atoms with Crippen molar-refractivity contribution in [3.63, 3.8) is 0 Å². The summed E-state index contributed by atoms with van der Waals surface area (Å²) < 4.78 is 5.28. The quantitative estimate of drug-likeness (QED) is 0.645. The van der Waals surface area contributed by atoms with Crippen molar-refractivity contribution in [1.29, 1.82) is 0 Å². The Labute approximate surface area is 125 Å². The topological polar surface area (TPSA) is 89.3 Å². The lowest BCUT2D eigenvalue weighted by Gasteiger charge is -2.26. The normalized spacial score (nSPS) is 17.2. The monoisotopic (exact) mass is 292 g/mol. The van der Waals surface area contributed by atoms with Crippen LogP contribution in [0.25, 0.3) is 0 Å². The number of pyridine rings is 1. The molecule has 0 bridgehead atoms. The lowest BCUT2D eigenvalue weighted by molar-refractivity contribution is -0.124. The fraction of sp³-hybridized carbons (Fsp3) is 0.600. The molecular formula is C15H24N4O2. The molecule has 1 saturated heterocycles. The van der Waals surface area contributed by atoms with Gasteiger partial charge in [-0.15, -0.1) is 0 Å². The van der Waals surface area contributed by atoms with E-state index >= 15 is 0 Å². The van der Waals surface area contributed by atoms with Crippen LogP contribution >= 0.6 is 0 Å². The maximum absolute atomic E-state index is 12.0. The van der Waals surface area contributed by atoms with Gasteiger partial charge in [-0.25, -0.2) is 4.98 Å². The third-order valence-corrected chi connectivity index (χ3v) is 3.70. The number of aromatic nitrogens is 1. The zero-order chi connectivity index (χ0) is 14.9. The molecular weight excluding hydrogens is 268 g/mol. The molecule has 4 N–H and O–H groups in total. The number of carbonyl (C=O) groups excluding carboxylic acids is 1. The smallest absolute Gasteiger partial charge is 0.237 e. The molecule has 0 saturated carbocycles. The number of nitrogens with one attached hydrogen (secondary N) is 2. The average molecular weight is 292 g/mol. The van der Waals surface area contributed by atoms with Crippen LogP contribution in [0, 0.1) is 5.92 Å². The molecule has 0 spiro atoms. The number of hydrogen-bond acceptors (Lipinski definition) is 5. The van der Waals surface area contributed by atoms with E-state index < -0.39 is 6.04 Å². The van der Waals surface area contributed by atoms with Crippen molar-refractivity contribution in [1.82, 2.24) is 10.3 Å². The molecule has 1 atom stereocenters. The third kappa shape index (κ3) is 5.32. The van der Waals surface area contributed by atoms with Gasteiger partial charge in [0.15, 0.2) is 0 Å². The van der Waals surface area contributed by atoms with Crippen LogP contribution in [0.5, 0.6) is 0 Å². The van der Waals surface area contributed by atoms with Gasteiger partial charge in [-0.1, -0.05) is 6.07 Å². The van der Waals surface area contributed by atoms with Crippen LogP contribution in [0.3, 0.4) is 0 Å². The highest BCUT2D eigenvalue weighted by atomic mass is 16.5. The first-order valence-electron chi connectivity index (χ1n) is 7.53. The molecule has 1 amide bonds. The lowest BCUT2D eigenvalue weighted by atomic mass is 9.92. The first-order chi connectivity index (χ1) is 10.3. The van der Waals surface area contributed by atoms with Gasteiger partial charge in [-0.05, 0) is 37.3 Å². The Kier molecular flexibility index (Phi) is 6.43. The van der Waals surface area contributed by atoms with Gasteiger partial charge in [0.05, 0.1) is 6.04 Å². The predicted octanol–water partition coefficient (Wildman–Crippen LogP) is 0.754. The number of ether oxygens (including phenoxy) is 1. The van der Waals surface area contributed by atoms with Gasteiger partial charge in [0.1, 0.15) is 5.82 Å². The van der Waals surface area contributed by atoms with Crippen molar-refractivity contribution in [2.24, 2.45) is 11.7 Å². The average Bonchev–Trinajstić information content (AvgIpc) is 2.55. The molecule has 0 aliphatic carbocycles. The summed E-state index contributed by atoms with van der Waals surface area (Å²) in [6.45, 7) is 2.80. The molecule has 0 aromatic carbocycles. The van der Waals surface area contributed by atoms with Crippen molar-refractivity contribution in [2.75, 3.05) is 31.6 Å². The van der Waals surface area contributed by atoms with Crippen molar-refractivity contribution >= 4 is 11.7 Å². The molecule has 0 radical (unpaired) electrons. The Balaban J connectivity index is 1.58.